The Labute approximate surface area is 446 Å². The van der Waals surface area contributed by atoms with Gasteiger partial charge in [-0.25, -0.2) is 9.97 Å². The van der Waals surface area contributed by atoms with Crippen molar-refractivity contribution >= 4 is 17.1 Å². The number of aliphatic hydroxyl groups excluding tert-OH is 1. The van der Waals surface area contributed by atoms with Crippen LogP contribution in [0.3, 0.4) is 0 Å². The maximum Gasteiger partial charge on any atom is 0.308 e. The van der Waals surface area contributed by atoms with Crippen LogP contribution in [0.15, 0.2) is 189 Å². The first-order chi connectivity index (χ1) is 37.6. The van der Waals surface area contributed by atoms with Crippen LogP contribution < -0.4 is 28.4 Å². The quantitative estimate of drug-likeness (QED) is 0.0411. The predicted molar refractivity (Wildman–Crippen MR) is 287 cm³/mol. The number of rotatable bonds is 21. The van der Waals surface area contributed by atoms with Gasteiger partial charge in [0.05, 0.1) is 54.1 Å². The molecule has 0 unspecified atom stereocenters. The van der Waals surface area contributed by atoms with Gasteiger partial charge in [-0.05, 0) is 111 Å². The zero-order valence-electron chi connectivity index (χ0n) is 43.3. The third kappa shape index (κ3) is 10.8. The van der Waals surface area contributed by atoms with Crippen molar-refractivity contribution < 1.29 is 52.5 Å². The molecule has 1 saturated heterocycles. The van der Waals surface area contributed by atoms with E-state index in [2.05, 4.69) is 9.97 Å². The highest BCUT2D eigenvalue weighted by Crippen LogP contribution is 2.45. The SMILES string of the molecule is COc1ccc(C(OCc2cc(COc3ncnc4c3ncn4[C@H]3C[C@H](O)[C@@H](COC(c4ccccc4)(c4ccc(OC)cc4)c4ccc(OC)cc4)O3)cc(OC(C)=O)c2)(c2ccccc2)c2ccc(OC)cc2)cc1. The number of aliphatic hydroxyl groups is 1. The molecule has 0 spiro atoms. The van der Waals surface area contributed by atoms with Gasteiger partial charge in [0.25, 0.3) is 0 Å². The Morgan fingerprint density at radius 1 is 0.571 bits per heavy atom. The molecule has 0 radical (unpaired) electrons. The molecule has 1 fully saturated rings. The number of imidazole rings is 1. The van der Waals surface area contributed by atoms with Crippen LogP contribution in [-0.2, 0) is 43.4 Å². The summed E-state index contributed by atoms with van der Waals surface area (Å²) in [6.07, 6.45) is 0.957. The van der Waals surface area contributed by atoms with E-state index < -0.39 is 35.6 Å². The van der Waals surface area contributed by atoms with Gasteiger partial charge in [0.1, 0.15) is 65.2 Å². The van der Waals surface area contributed by atoms with Gasteiger partial charge in [0.2, 0.25) is 5.88 Å². The Balaban J connectivity index is 0.902. The van der Waals surface area contributed by atoms with Gasteiger partial charge in [0, 0.05) is 13.3 Å². The Morgan fingerprint density at radius 3 is 1.49 bits per heavy atom. The summed E-state index contributed by atoms with van der Waals surface area (Å²) in [7, 11) is 6.52. The van der Waals surface area contributed by atoms with E-state index in [-0.39, 0.29) is 32.1 Å². The van der Waals surface area contributed by atoms with E-state index in [1.807, 2.05) is 164 Å². The van der Waals surface area contributed by atoms with Crippen LogP contribution in [0.1, 0.15) is 64.1 Å². The fourth-order valence-electron chi connectivity index (χ4n) is 10.0. The van der Waals surface area contributed by atoms with Crippen LogP contribution in [0.2, 0.25) is 0 Å². The largest absolute Gasteiger partial charge is 0.497 e. The molecule has 0 bridgehead atoms. The molecule has 2 aromatic heterocycles. The van der Waals surface area contributed by atoms with Crippen molar-refractivity contribution in [1.29, 1.82) is 0 Å². The van der Waals surface area contributed by atoms with Gasteiger partial charge in [0.15, 0.2) is 11.2 Å². The van der Waals surface area contributed by atoms with Gasteiger partial charge in [-0.2, -0.15) is 4.98 Å². The zero-order chi connectivity index (χ0) is 53.4. The smallest absolute Gasteiger partial charge is 0.308 e. The number of carbonyl (C=O) groups is 1. The molecule has 392 valence electrons. The Bertz CT molecular complexity index is 3300. The fraction of sp³-hybridized carbons (Fsp3) is 0.226. The summed E-state index contributed by atoms with van der Waals surface area (Å²) >= 11 is 0. The minimum absolute atomic E-state index is 0.0193. The monoisotopic (exact) mass is 1030 g/mol. The van der Waals surface area contributed by atoms with E-state index in [0.717, 1.165) is 33.4 Å². The van der Waals surface area contributed by atoms with Gasteiger partial charge in [-0.3, -0.25) is 9.36 Å². The zero-order valence-corrected chi connectivity index (χ0v) is 43.3. The van der Waals surface area contributed by atoms with Crippen molar-refractivity contribution in [2.24, 2.45) is 0 Å². The van der Waals surface area contributed by atoms with Gasteiger partial charge >= 0.3 is 5.97 Å². The van der Waals surface area contributed by atoms with Crippen LogP contribution in [-0.4, -0.2) is 77.8 Å². The van der Waals surface area contributed by atoms with Gasteiger partial charge in [-0.15, -0.1) is 0 Å². The predicted octanol–water partition coefficient (Wildman–Crippen LogP) is 10.5. The maximum absolute atomic E-state index is 12.4. The number of benzene rings is 7. The van der Waals surface area contributed by atoms with Crippen molar-refractivity contribution in [3.63, 3.8) is 0 Å². The van der Waals surface area contributed by atoms with E-state index in [1.165, 1.54) is 13.3 Å². The van der Waals surface area contributed by atoms with E-state index in [0.29, 0.717) is 51.0 Å². The molecule has 77 heavy (non-hydrogen) atoms. The molecule has 0 amide bonds. The summed E-state index contributed by atoms with van der Waals surface area (Å²) < 4.78 is 56.9. The number of carbonyl (C=O) groups excluding carboxylic acids is 1. The van der Waals surface area contributed by atoms with Crippen LogP contribution in [0.5, 0.6) is 34.6 Å². The highest BCUT2D eigenvalue weighted by Gasteiger charge is 2.43. The third-order valence-corrected chi connectivity index (χ3v) is 13.8. The summed E-state index contributed by atoms with van der Waals surface area (Å²) in [4.78, 5) is 26.2. The van der Waals surface area contributed by atoms with Crippen molar-refractivity contribution in [2.45, 2.75) is 56.2 Å². The highest BCUT2D eigenvalue weighted by molar-refractivity contribution is 5.76. The molecule has 3 heterocycles. The highest BCUT2D eigenvalue weighted by atomic mass is 16.6. The molecule has 15 nitrogen and oxygen atoms in total. The molecule has 1 aliphatic heterocycles. The number of ether oxygens (including phenoxy) is 9. The molecule has 1 aliphatic rings. The summed E-state index contributed by atoms with van der Waals surface area (Å²) in [6, 6.07) is 56.6. The minimum Gasteiger partial charge on any atom is -0.497 e. The summed E-state index contributed by atoms with van der Waals surface area (Å²) in [5.41, 5.74) is 5.21. The molecular formula is C62H58N4O11. The van der Waals surface area contributed by atoms with E-state index >= 15 is 0 Å². The van der Waals surface area contributed by atoms with Crippen molar-refractivity contribution in [2.75, 3.05) is 35.0 Å². The number of aromatic nitrogens is 4. The lowest BCUT2D eigenvalue weighted by atomic mass is 9.80. The number of hydrogen-bond donors (Lipinski definition) is 1. The lowest BCUT2D eigenvalue weighted by Crippen LogP contribution is -2.38. The standard InChI is InChI=1S/C62H58N4O11/c1-41(67)76-54-33-42(32-43(34-54)37-74-61(44-12-8-6-9-13-44,46-16-24-50(69-2)25-17-46)47-18-26-51(70-3)27-19-47)36-73-60-58-59(63-39-64-60)66(40-65-58)57-35-55(68)56(77-57)38-75-62(45-14-10-7-11-15-45,48-20-28-52(71-4)29-21-48)49-22-30-53(72-5)31-23-49/h6-34,39-40,55-57,68H,35-38H2,1-5H3/t55-,56+,57+/m0/s1. The lowest BCUT2D eigenvalue weighted by Gasteiger charge is -2.37. The second kappa shape index (κ2) is 23.1. The average molecular weight is 1040 g/mol. The molecule has 9 aromatic rings. The minimum atomic E-state index is -1.12. The maximum atomic E-state index is 12.4. The van der Waals surface area contributed by atoms with E-state index in [4.69, 9.17) is 47.6 Å². The summed E-state index contributed by atoms with van der Waals surface area (Å²) in [5.74, 6) is 2.87. The van der Waals surface area contributed by atoms with Crippen molar-refractivity contribution in [1.82, 2.24) is 19.5 Å². The molecule has 10 rings (SSSR count). The molecule has 7 aromatic carbocycles. The third-order valence-electron chi connectivity index (χ3n) is 13.8. The normalized spacial score (nSPS) is 15.5. The van der Waals surface area contributed by atoms with Crippen LogP contribution in [0, 0.1) is 0 Å². The summed E-state index contributed by atoms with van der Waals surface area (Å²) in [6.45, 7) is 1.49. The number of nitrogens with zero attached hydrogens (tertiary/aromatic N) is 4. The molecule has 0 saturated carbocycles. The van der Waals surface area contributed by atoms with E-state index in [1.54, 1.807) is 51.5 Å². The topological polar surface area (TPSA) is 164 Å². The van der Waals surface area contributed by atoms with Crippen LogP contribution in [0.25, 0.3) is 11.2 Å². The Morgan fingerprint density at radius 2 is 1.03 bits per heavy atom. The first-order valence-corrected chi connectivity index (χ1v) is 25.1. The average Bonchev–Trinajstić information content (AvgIpc) is 4.16. The van der Waals surface area contributed by atoms with Gasteiger partial charge < -0.3 is 47.7 Å². The molecule has 15 heteroatoms. The molecule has 3 atom stereocenters. The number of methoxy groups -OCH3 is 4. The number of hydrogen-bond acceptors (Lipinski definition) is 14. The lowest BCUT2D eigenvalue weighted by molar-refractivity contribution is -0.131. The van der Waals surface area contributed by atoms with Crippen LogP contribution in [0.4, 0.5) is 0 Å². The van der Waals surface area contributed by atoms with Crippen molar-refractivity contribution in [3.8, 4) is 34.6 Å². The van der Waals surface area contributed by atoms with Crippen LogP contribution >= 0.6 is 0 Å². The fourth-order valence-corrected chi connectivity index (χ4v) is 10.0. The molecule has 1 N–H and O–H groups in total. The second-order valence-corrected chi connectivity index (χ2v) is 18.4. The first kappa shape index (κ1) is 51.9. The first-order valence-electron chi connectivity index (χ1n) is 25.1. The van der Waals surface area contributed by atoms with E-state index in [9.17, 15) is 9.90 Å². The number of esters is 1. The Hall–Kier alpha value is -8.60. The van der Waals surface area contributed by atoms with Crippen molar-refractivity contribution in [3.05, 3.63) is 233 Å². The Kier molecular flexibility index (Phi) is 15.6. The summed E-state index contributed by atoms with van der Waals surface area (Å²) in [5, 5.41) is 11.7. The molecular weight excluding hydrogens is 977 g/mol. The number of fused-ring (bicyclic) bond motifs is 1. The molecule has 0 aliphatic carbocycles. The second-order valence-electron chi connectivity index (χ2n) is 18.4. The van der Waals surface area contributed by atoms with Gasteiger partial charge in [-0.1, -0.05) is 109 Å².